The zero-order valence-electron chi connectivity index (χ0n) is 16.7. The number of para-hydroxylation sites is 1. The SMILES string of the molecule is COC(=O)COc1ccc(/C=N\NC(=O)CNC(=O)COc2ccccc2C)cc1. The van der Waals surface area contributed by atoms with E-state index in [1.54, 1.807) is 30.3 Å². The third-order valence-corrected chi connectivity index (χ3v) is 3.77. The highest BCUT2D eigenvalue weighted by Gasteiger charge is 2.07. The monoisotopic (exact) mass is 413 g/mol. The van der Waals surface area contributed by atoms with Crippen molar-refractivity contribution in [1.29, 1.82) is 0 Å². The highest BCUT2D eigenvalue weighted by atomic mass is 16.6. The van der Waals surface area contributed by atoms with Gasteiger partial charge in [-0.25, -0.2) is 10.2 Å². The van der Waals surface area contributed by atoms with Gasteiger partial charge >= 0.3 is 5.97 Å². The van der Waals surface area contributed by atoms with Gasteiger partial charge in [0.05, 0.1) is 19.9 Å². The van der Waals surface area contributed by atoms with Gasteiger partial charge in [0.1, 0.15) is 11.5 Å². The van der Waals surface area contributed by atoms with Gasteiger partial charge in [-0.1, -0.05) is 18.2 Å². The van der Waals surface area contributed by atoms with Crippen LogP contribution in [0.5, 0.6) is 11.5 Å². The lowest BCUT2D eigenvalue weighted by Crippen LogP contribution is -2.37. The van der Waals surface area contributed by atoms with Crippen molar-refractivity contribution < 1.29 is 28.6 Å². The predicted octanol–water partition coefficient (Wildman–Crippen LogP) is 1.19. The summed E-state index contributed by atoms with van der Waals surface area (Å²) in [7, 11) is 1.28. The molecule has 30 heavy (non-hydrogen) atoms. The van der Waals surface area contributed by atoms with Gasteiger partial charge in [-0.15, -0.1) is 0 Å². The summed E-state index contributed by atoms with van der Waals surface area (Å²) in [6.45, 7) is 1.28. The third-order valence-electron chi connectivity index (χ3n) is 3.77. The number of amides is 2. The molecule has 0 saturated heterocycles. The molecule has 0 saturated carbocycles. The maximum absolute atomic E-state index is 11.8. The van der Waals surface area contributed by atoms with Gasteiger partial charge in [0, 0.05) is 0 Å². The first-order chi connectivity index (χ1) is 14.5. The van der Waals surface area contributed by atoms with Gasteiger partial charge in [0.15, 0.2) is 13.2 Å². The molecule has 0 fully saturated rings. The zero-order chi connectivity index (χ0) is 21.8. The lowest BCUT2D eigenvalue weighted by molar-refractivity contribution is -0.142. The normalized spacial score (nSPS) is 10.3. The number of carbonyl (C=O) groups is 3. The van der Waals surface area contributed by atoms with E-state index in [9.17, 15) is 14.4 Å². The number of carbonyl (C=O) groups excluding carboxylic acids is 3. The van der Waals surface area contributed by atoms with E-state index in [0.29, 0.717) is 17.1 Å². The minimum Gasteiger partial charge on any atom is -0.484 e. The van der Waals surface area contributed by atoms with Crippen LogP contribution in [0.1, 0.15) is 11.1 Å². The van der Waals surface area contributed by atoms with E-state index in [-0.39, 0.29) is 19.8 Å². The number of esters is 1. The molecule has 9 nitrogen and oxygen atoms in total. The summed E-state index contributed by atoms with van der Waals surface area (Å²) in [5.74, 6) is -0.258. The van der Waals surface area contributed by atoms with Gasteiger partial charge < -0.3 is 19.5 Å². The van der Waals surface area contributed by atoms with Gasteiger partial charge in [0.2, 0.25) is 0 Å². The largest absolute Gasteiger partial charge is 0.484 e. The first kappa shape index (κ1) is 22.4. The number of rotatable bonds is 10. The maximum atomic E-state index is 11.8. The highest BCUT2D eigenvalue weighted by Crippen LogP contribution is 2.15. The standard InChI is InChI=1S/C21H23N3O6/c1-15-5-3-4-6-18(15)30-13-20(26)22-12-19(25)24-23-11-16-7-9-17(10-8-16)29-14-21(27)28-2/h3-11H,12-14H2,1-2H3,(H,22,26)(H,24,25)/b23-11-. The molecule has 0 aliphatic rings. The summed E-state index contributed by atoms with van der Waals surface area (Å²) in [4.78, 5) is 34.6. The number of nitrogens with zero attached hydrogens (tertiary/aromatic N) is 1. The van der Waals surface area contributed by atoms with Crippen molar-refractivity contribution in [2.45, 2.75) is 6.92 Å². The molecule has 0 unspecified atom stereocenters. The number of hydrogen-bond donors (Lipinski definition) is 2. The molecule has 0 bridgehead atoms. The molecule has 2 amide bonds. The number of benzene rings is 2. The molecular formula is C21H23N3O6. The van der Waals surface area contributed by atoms with Crippen LogP contribution in [0.2, 0.25) is 0 Å². The van der Waals surface area contributed by atoms with E-state index >= 15 is 0 Å². The Labute approximate surface area is 174 Å². The lowest BCUT2D eigenvalue weighted by atomic mass is 10.2. The highest BCUT2D eigenvalue weighted by molar-refractivity contribution is 5.86. The van der Waals surface area contributed by atoms with Crippen LogP contribution in [0.3, 0.4) is 0 Å². The number of ether oxygens (including phenoxy) is 3. The maximum Gasteiger partial charge on any atom is 0.343 e. The van der Waals surface area contributed by atoms with E-state index in [2.05, 4.69) is 20.6 Å². The fourth-order valence-electron chi connectivity index (χ4n) is 2.16. The molecule has 2 N–H and O–H groups in total. The van der Waals surface area contributed by atoms with Gasteiger partial charge in [-0.3, -0.25) is 9.59 Å². The Morgan fingerprint density at radius 1 is 0.967 bits per heavy atom. The molecule has 2 aromatic carbocycles. The van der Waals surface area contributed by atoms with Crippen molar-refractivity contribution in [2.75, 3.05) is 26.9 Å². The van der Waals surface area contributed by atoms with Crippen molar-refractivity contribution in [3.63, 3.8) is 0 Å². The molecule has 0 atom stereocenters. The van der Waals surface area contributed by atoms with Crippen molar-refractivity contribution in [1.82, 2.24) is 10.7 Å². The molecule has 158 valence electrons. The molecular weight excluding hydrogens is 390 g/mol. The second-order valence-corrected chi connectivity index (χ2v) is 6.06. The minimum atomic E-state index is -0.478. The van der Waals surface area contributed by atoms with E-state index in [4.69, 9.17) is 9.47 Å². The Hall–Kier alpha value is -3.88. The topological polar surface area (TPSA) is 115 Å². The smallest absolute Gasteiger partial charge is 0.343 e. The number of aryl methyl sites for hydroxylation is 1. The Morgan fingerprint density at radius 3 is 2.40 bits per heavy atom. The van der Waals surface area contributed by atoms with Gasteiger partial charge in [0.25, 0.3) is 11.8 Å². The van der Waals surface area contributed by atoms with Crippen LogP contribution in [0.4, 0.5) is 0 Å². The minimum absolute atomic E-state index is 0.179. The van der Waals surface area contributed by atoms with Crippen LogP contribution in [0.25, 0.3) is 0 Å². The van der Waals surface area contributed by atoms with Crippen LogP contribution in [-0.4, -0.2) is 50.9 Å². The van der Waals surface area contributed by atoms with Crippen LogP contribution in [0.15, 0.2) is 53.6 Å². The van der Waals surface area contributed by atoms with Crippen LogP contribution in [-0.2, 0) is 19.1 Å². The molecule has 9 heteroatoms. The fourth-order valence-corrected chi connectivity index (χ4v) is 2.16. The number of hydrazone groups is 1. The summed E-state index contributed by atoms with van der Waals surface area (Å²) in [6.07, 6.45) is 1.44. The third kappa shape index (κ3) is 8.01. The summed E-state index contributed by atoms with van der Waals surface area (Å²) in [5.41, 5.74) is 3.94. The second kappa shape index (κ2) is 11.8. The zero-order valence-corrected chi connectivity index (χ0v) is 16.7. The molecule has 0 aromatic heterocycles. The molecule has 0 radical (unpaired) electrons. The van der Waals surface area contributed by atoms with E-state index < -0.39 is 17.8 Å². The van der Waals surface area contributed by atoms with E-state index in [1.165, 1.54) is 13.3 Å². The Kier molecular flexibility index (Phi) is 8.85. The number of methoxy groups -OCH3 is 1. The van der Waals surface area contributed by atoms with Crippen LogP contribution >= 0.6 is 0 Å². The van der Waals surface area contributed by atoms with Gasteiger partial charge in [-0.2, -0.15) is 5.10 Å². The Morgan fingerprint density at radius 2 is 1.70 bits per heavy atom. The lowest BCUT2D eigenvalue weighted by Gasteiger charge is -2.08. The van der Waals surface area contributed by atoms with Crippen molar-refractivity contribution in [2.24, 2.45) is 5.10 Å². The first-order valence-corrected chi connectivity index (χ1v) is 9.04. The quantitative estimate of drug-likeness (QED) is 0.344. The Balaban J connectivity index is 1.67. The molecule has 0 aliphatic heterocycles. The average molecular weight is 413 g/mol. The molecule has 0 heterocycles. The van der Waals surface area contributed by atoms with Gasteiger partial charge in [-0.05, 0) is 48.4 Å². The number of nitrogens with one attached hydrogen (secondary N) is 2. The number of hydrogen-bond acceptors (Lipinski definition) is 7. The van der Waals surface area contributed by atoms with Crippen molar-refractivity contribution >= 4 is 24.0 Å². The summed E-state index contributed by atoms with van der Waals surface area (Å²) in [5, 5.41) is 6.27. The average Bonchev–Trinajstić information content (AvgIpc) is 2.76. The first-order valence-electron chi connectivity index (χ1n) is 9.04. The second-order valence-electron chi connectivity index (χ2n) is 6.06. The van der Waals surface area contributed by atoms with E-state index in [1.807, 2.05) is 25.1 Å². The van der Waals surface area contributed by atoms with Crippen LogP contribution in [0, 0.1) is 6.92 Å². The van der Waals surface area contributed by atoms with Crippen LogP contribution < -0.4 is 20.2 Å². The Bertz CT molecular complexity index is 896. The van der Waals surface area contributed by atoms with E-state index in [0.717, 1.165) is 5.56 Å². The predicted molar refractivity (Wildman–Crippen MR) is 109 cm³/mol. The fraction of sp³-hybridized carbons (Fsp3) is 0.238. The molecule has 2 rings (SSSR count). The van der Waals surface area contributed by atoms with Crippen molar-refractivity contribution in [3.05, 3.63) is 59.7 Å². The summed E-state index contributed by atoms with van der Waals surface area (Å²) >= 11 is 0. The summed E-state index contributed by atoms with van der Waals surface area (Å²) in [6, 6.07) is 14.0. The molecule has 0 spiro atoms. The molecule has 2 aromatic rings. The van der Waals surface area contributed by atoms with Crippen molar-refractivity contribution in [3.8, 4) is 11.5 Å². The summed E-state index contributed by atoms with van der Waals surface area (Å²) < 4.78 is 15.1. The molecule has 0 aliphatic carbocycles.